The van der Waals surface area contributed by atoms with Crippen LogP contribution in [0.15, 0.2) is 18.2 Å². The molecule has 0 aliphatic rings. The largest absolute Gasteiger partial charge is 0.394 e. The van der Waals surface area contributed by atoms with Crippen molar-refractivity contribution in [2.45, 2.75) is 45.0 Å². The lowest BCUT2D eigenvalue weighted by atomic mass is 9.94. The predicted octanol–water partition coefficient (Wildman–Crippen LogP) is 1.35. The Bertz CT molecular complexity index is 392. The minimum Gasteiger partial charge on any atom is -0.394 e. The van der Waals surface area contributed by atoms with E-state index in [1.807, 2.05) is 19.1 Å². The molecule has 0 aliphatic carbocycles. The van der Waals surface area contributed by atoms with Crippen molar-refractivity contribution in [2.24, 2.45) is 0 Å². The number of hydrogen-bond acceptors (Lipinski definition) is 4. The fourth-order valence-corrected chi connectivity index (χ4v) is 2.20. The molecule has 3 atom stereocenters. The fourth-order valence-electron chi connectivity index (χ4n) is 2.20. The summed E-state index contributed by atoms with van der Waals surface area (Å²) in [4.78, 5) is 0. The maximum absolute atomic E-state index is 9.81. The van der Waals surface area contributed by atoms with Gasteiger partial charge in [0.05, 0.1) is 18.8 Å². The quantitative estimate of drug-likeness (QED) is 0.698. The average molecular weight is 268 g/mol. The van der Waals surface area contributed by atoms with Gasteiger partial charge in [0.25, 0.3) is 0 Å². The van der Waals surface area contributed by atoms with Gasteiger partial charge in [-0.25, -0.2) is 0 Å². The molecule has 0 saturated carbocycles. The number of hydrogen-bond donors (Lipinski definition) is 3. The maximum Gasteiger partial charge on any atom is 0.103 e. The summed E-state index contributed by atoms with van der Waals surface area (Å²) in [6, 6.07) is 6.12. The van der Waals surface area contributed by atoms with E-state index in [4.69, 9.17) is 9.84 Å². The monoisotopic (exact) mass is 268 g/mol. The molecule has 0 aromatic heterocycles. The van der Waals surface area contributed by atoms with E-state index in [1.54, 1.807) is 7.11 Å². The summed E-state index contributed by atoms with van der Waals surface area (Å²) in [5.74, 6) is 0. The third-order valence-corrected chi connectivity index (χ3v) is 3.40. The van der Waals surface area contributed by atoms with Crippen LogP contribution in [-0.2, 0) is 11.2 Å². The van der Waals surface area contributed by atoms with Gasteiger partial charge in [-0.15, -0.1) is 0 Å². The van der Waals surface area contributed by atoms with E-state index in [0.717, 1.165) is 12.0 Å². The van der Waals surface area contributed by atoms with Crippen molar-refractivity contribution < 1.29 is 20.1 Å². The standard InChI is InChI=1S/C15H24O4/c1-4-11-7-10(2)5-6-12(11)15(19-3)8-13(17)14(18)9-16/h5-7,13-18H,4,8-9H2,1-3H3. The molecule has 3 N–H and O–H groups in total. The molecular weight excluding hydrogens is 244 g/mol. The maximum atomic E-state index is 9.81. The molecule has 0 aliphatic heterocycles. The number of aliphatic hydroxyl groups is 3. The van der Waals surface area contributed by atoms with Gasteiger partial charge in [0.2, 0.25) is 0 Å². The molecular formula is C15H24O4. The molecule has 108 valence electrons. The molecule has 0 amide bonds. The van der Waals surface area contributed by atoms with E-state index >= 15 is 0 Å². The summed E-state index contributed by atoms with van der Waals surface area (Å²) in [7, 11) is 1.59. The zero-order valence-corrected chi connectivity index (χ0v) is 11.8. The van der Waals surface area contributed by atoms with E-state index in [9.17, 15) is 10.2 Å². The van der Waals surface area contributed by atoms with Crippen molar-refractivity contribution >= 4 is 0 Å². The van der Waals surface area contributed by atoms with Crippen LogP contribution < -0.4 is 0 Å². The Hall–Kier alpha value is -0.940. The normalized spacial score (nSPS) is 16.1. The van der Waals surface area contributed by atoms with Gasteiger partial charge in [-0.2, -0.15) is 0 Å². The van der Waals surface area contributed by atoms with Gasteiger partial charge >= 0.3 is 0 Å². The number of methoxy groups -OCH3 is 1. The third-order valence-electron chi connectivity index (χ3n) is 3.40. The Morgan fingerprint density at radius 3 is 2.42 bits per heavy atom. The first-order valence-corrected chi connectivity index (χ1v) is 6.62. The summed E-state index contributed by atoms with van der Waals surface area (Å²) >= 11 is 0. The molecule has 0 saturated heterocycles. The fraction of sp³-hybridized carbons (Fsp3) is 0.600. The lowest BCUT2D eigenvalue weighted by Gasteiger charge is -2.24. The third kappa shape index (κ3) is 4.28. The summed E-state index contributed by atoms with van der Waals surface area (Å²) in [5.41, 5.74) is 3.39. The zero-order valence-electron chi connectivity index (χ0n) is 11.8. The van der Waals surface area contributed by atoms with Crippen LogP contribution in [0.4, 0.5) is 0 Å². The molecule has 0 bridgehead atoms. The number of rotatable bonds is 7. The summed E-state index contributed by atoms with van der Waals surface area (Å²) in [6.07, 6.45) is -1.27. The first kappa shape index (κ1) is 16.1. The van der Waals surface area contributed by atoms with Crippen LogP contribution in [0, 0.1) is 6.92 Å². The van der Waals surface area contributed by atoms with Gasteiger partial charge in [-0.3, -0.25) is 0 Å². The average Bonchev–Trinajstić information content (AvgIpc) is 2.43. The van der Waals surface area contributed by atoms with Crippen LogP contribution in [0.1, 0.15) is 36.1 Å². The minimum absolute atomic E-state index is 0.258. The summed E-state index contributed by atoms with van der Waals surface area (Å²) in [5, 5.41) is 28.1. The van der Waals surface area contributed by atoms with Crippen molar-refractivity contribution in [3.05, 3.63) is 34.9 Å². The summed E-state index contributed by atoms with van der Waals surface area (Å²) < 4.78 is 5.43. The summed E-state index contributed by atoms with van der Waals surface area (Å²) in [6.45, 7) is 3.66. The van der Waals surface area contributed by atoms with Gasteiger partial charge in [0.1, 0.15) is 6.10 Å². The van der Waals surface area contributed by atoms with E-state index in [1.165, 1.54) is 11.1 Å². The van der Waals surface area contributed by atoms with Gasteiger partial charge in [0.15, 0.2) is 0 Å². The molecule has 0 spiro atoms. The second-order valence-electron chi connectivity index (χ2n) is 4.83. The van der Waals surface area contributed by atoms with Crippen LogP contribution in [0.25, 0.3) is 0 Å². The molecule has 0 radical (unpaired) electrons. The van der Waals surface area contributed by atoms with Gasteiger partial charge in [-0.1, -0.05) is 30.7 Å². The number of aliphatic hydroxyl groups excluding tert-OH is 3. The van der Waals surface area contributed by atoms with Crippen LogP contribution in [-0.4, -0.2) is 41.2 Å². The Balaban J connectivity index is 2.91. The Morgan fingerprint density at radius 2 is 1.89 bits per heavy atom. The molecule has 19 heavy (non-hydrogen) atoms. The van der Waals surface area contributed by atoms with E-state index in [-0.39, 0.29) is 12.5 Å². The molecule has 1 aromatic rings. The highest BCUT2D eigenvalue weighted by atomic mass is 16.5. The van der Waals surface area contributed by atoms with Crippen molar-refractivity contribution in [3.8, 4) is 0 Å². The number of benzene rings is 1. The molecule has 4 nitrogen and oxygen atoms in total. The van der Waals surface area contributed by atoms with Crippen molar-refractivity contribution in [1.29, 1.82) is 0 Å². The first-order valence-electron chi connectivity index (χ1n) is 6.62. The van der Waals surface area contributed by atoms with Crippen molar-refractivity contribution in [3.63, 3.8) is 0 Å². The minimum atomic E-state index is -1.13. The molecule has 1 rings (SSSR count). The first-order chi connectivity index (χ1) is 9.03. The Morgan fingerprint density at radius 1 is 1.21 bits per heavy atom. The Kier molecular flexibility index (Phi) is 6.45. The second-order valence-corrected chi connectivity index (χ2v) is 4.83. The van der Waals surface area contributed by atoms with Crippen LogP contribution >= 0.6 is 0 Å². The second kappa shape index (κ2) is 7.60. The SMILES string of the molecule is CCc1cc(C)ccc1C(CC(O)C(O)CO)OC. The van der Waals surface area contributed by atoms with Crippen LogP contribution in [0.5, 0.6) is 0 Å². The lowest BCUT2D eigenvalue weighted by Crippen LogP contribution is -2.31. The molecule has 0 heterocycles. The lowest BCUT2D eigenvalue weighted by molar-refractivity contribution is -0.0440. The van der Waals surface area contributed by atoms with Crippen LogP contribution in [0.2, 0.25) is 0 Å². The van der Waals surface area contributed by atoms with E-state index in [0.29, 0.717) is 0 Å². The van der Waals surface area contributed by atoms with Crippen LogP contribution in [0.3, 0.4) is 0 Å². The number of aryl methyl sites for hydroxylation is 2. The van der Waals surface area contributed by atoms with E-state index < -0.39 is 18.8 Å². The predicted molar refractivity (Wildman–Crippen MR) is 74.0 cm³/mol. The molecule has 4 heteroatoms. The topological polar surface area (TPSA) is 69.9 Å². The smallest absolute Gasteiger partial charge is 0.103 e. The zero-order chi connectivity index (χ0) is 14.4. The van der Waals surface area contributed by atoms with Crippen molar-refractivity contribution in [1.82, 2.24) is 0 Å². The molecule has 3 unspecified atom stereocenters. The van der Waals surface area contributed by atoms with E-state index in [2.05, 4.69) is 13.0 Å². The Labute approximate surface area is 114 Å². The highest BCUT2D eigenvalue weighted by Crippen LogP contribution is 2.27. The highest BCUT2D eigenvalue weighted by molar-refractivity contribution is 5.33. The van der Waals surface area contributed by atoms with Gasteiger partial charge in [-0.05, 0) is 24.5 Å². The molecule has 1 aromatic carbocycles. The van der Waals surface area contributed by atoms with Crippen molar-refractivity contribution in [2.75, 3.05) is 13.7 Å². The van der Waals surface area contributed by atoms with Gasteiger partial charge in [0, 0.05) is 13.5 Å². The van der Waals surface area contributed by atoms with Gasteiger partial charge < -0.3 is 20.1 Å². The number of ether oxygens (including phenoxy) is 1. The highest BCUT2D eigenvalue weighted by Gasteiger charge is 2.23. The molecule has 0 fully saturated rings.